The number of fused-ring (bicyclic) bond motifs is 1. The van der Waals surface area contributed by atoms with E-state index in [0.717, 1.165) is 66.8 Å². The molecule has 6 nitrogen and oxygen atoms in total. The SMILES string of the molecule is CCCCOc1ccc(C(=O)N(CCN2CCOCC2)c2nc3ccc(SC)cc3s2)cc1. The first-order valence-corrected chi connectivity index (χ1v) is 13.5. The van der Waals surface area contributed by atoms with Gasteiger partial charge in [0.1, 0.15) is 5.75 Å². The number of benzene rings is 2. The number of rotatable bonds is 10. The highest BCUT2D eigenvalue weighted by molar-refractivity contribution is 7.98. The molecule has 3 aromatic rings. The molecule has 33 heavy (non-hydrogen) atoms. The number of thioether (sulfide) groups is 1. The van der Waals surface area contributed by atoms with E-state index >= 15 is 0 Å². The third-order valence-corrected chi connectivity index (χ3v) is 7.44. The van der Waals surface area contributed by atoms with Crippen molar-refractivity contribution in [1.82, 2.24) is 9.88 Å². The van der Waals surface area contributed by atoms with Gasteiger partial charge in [0.25, 0.3) is 5.91 Å². The molecule has 0 saturated carbocycles. The normalized spacial score (nSPS) is 14.5. The first-order valence-electron chi connectivity index (χ1n) is 11.5. The molecule has 2 aromatic carbocycles. The fraction of sp³-hybridized carbons (Fsp3) is 0.440. The highest BCUT2D eigenvalue weighted by Gasteiger charge is 2.23. The molecule has 176 valence electrons. The molecule has 1 saturated heterocycles. The van der Waals surface area contributed by atoms with Crippen molar-refractivity contribution in [2.45, 2.75) is 24.7 Å². The minimum atomic E-state index is -0.0347. The van der Waals surface area contributed by atoms with Crippen LogP contribution in [0.4, 0.5) is 5.13 Å². The summed E-state index contributed by atoms with van der Waals surface area (Å²) in [6, 6.07) is 13.7. The lowest BCUT2D eigenvalue weighted by molar-refractivity contribution is 0.0391. The van der Waals surface area contributed by atoms with Gasteiger partial charge >= 0.3 is 0 Å². The summed E-state index contributed by atoms with van der Waals surface area (Å²) in [7, 11) is 0. The van der Waals surface area contributed by atoms with E-state index in [1.807, 2.05) is 35.2 Å². The van der Waals surface area contributed by atoms with Crippen molar-refractivity contribution in [3.05, 3.63) is 48.0 Å². The summed E-state index contributed by atoms with van der Waals surface area (Å²) in [4.78, 5) is 23.8. The molecule has 0 unspecified atom stereocenters. The van der Waals surface area contributed by atoms with Gasteiger partial charge in [-0.05, 0) is 55.1 Å². The zero-order valence-electron chi connectivity index (χ0n) is 19.3. The zero-order chi connectivity index (χ0) is 23.0. The lowest BCUT2D eigenvalue weighted by atomic mass is 10.2. The van der Waals surface area contributed by atoms with E-state index in [-0.39, 0.29) is 5.91 Å². The number of unbranched alkanes of at least 4 members (excludes halogenated alkanes) is 1. The minimum Gasteiger partial charge on any atom is -0.494 e. The van der Waals surface area contributed by atoms with E-state index in [9.17, 15) is 4.79 Å². The van der Waals surface area contributed by atoms with E-state index in [4.69, 9.17) is 14.5 Å². The Morgan fingerprint density at radius 1 is 1.21 bits per heavy atom. The van der Waals surface area contributed by atoms with Gasteiger partial charge in [0.15, 0.2) is 5.13 Å². The molecule has 0 spiro atoms. The molecule has 0 aliphatic carbocycles. The fourth-order valence-electron chi connectivity index (χ4n) is 3.67. The third-order valence-electron chi connectivity index (χ3n) is 5.67. The van der Waals surface area contributed by atoms with Gasteiger partial charge in [0, 0.05) is 36.6 Å². The largest absolute Gasteiger partial charge is 0.494 e. The van der Waals surface area contributed by atoms with Crippen molar-refractivity contribution < 1.29 is 14.3 Å². The standard InChI is InChI=1S/C25H31N3O3S2/c1-3-4-15-31-20-7-5-19(6-8-20)24(29)28(12-11-27-13-16-30-17-14-27)25-26-22-10-9-21(32-2)18-23(22)33-25/h5-10,18H,3-4,11-17H2,1-2H3. The number of hydrogen-bond acceptors (Lipinski definition) is 7. The summed E-state index contributed by atoms with van der Waals surface area (Å²) >= 11 is 3.28. The minimum absolute atomic E-state index is 0.0347. The highest BCUT2D eigenvalue weighted by atomic mass is 32.2. The molecule has 1 aliphatic rings. The zero-order valence-corrected chi connectivity index (χ0v) is 20.9. The fourth-order valence-corrected chi connectivity index (χ4v) is 5.21. The molecular formula is C25H31N3O3S2. The molecule has 2 heterocycles. The van der Waals surface area contributed by atoms with Crippen molar-refractivity contribution in [1.29, 1.82) is 0 Å². The lowest BCUT2D eigenvalue weighted by Crippen LogP contribution is -2.43. The molecule has 4 rings (SSSR count). The van der Waals surface area contributed by atoms with Crippen LogP contribution in [0.15, 0.2) is 47.4 Å². The summed E-state index contributed by atoms with van der Waals surface area (Å²) in [5.41, 5.74) is 1.57. The first-order chi connectivity index (χ1) is 16.2. The van der Waals surface area contributed by atoms with Gasteiger partial charge in [0.05, 0.1) is 30.0 Å². The van der Waals surface area contributed by atoms with Crippen molar-refractivity contribution in [3.8, 4) is 5.75 Å². The number of amides is 1. The molecular weight excluding hydrogens is 454 g/mol. The van der Waals surface area contributed by atoms with Gasteiger partial charge < -0.3 is 9.47 Å². The second-order valence-electron chi connectivity index (χ2n) is 7.97. The van der Waals surface area contributed by atoms with Crippen LogP contribution in [0, 0.1) is 0 Å². The maximum Gasteiger partial charge on any atom is 0.260 e. The smallest absolute Gasteiger partial charge is 0.260 e. The second-order valence-corrected chi connectivity index (χ2v) is 9.86. The van der Waals surface area contributed by atoms with Gasteiger partial charge in [-0.3, -0.25) is 14.6 Å². The number of hydrogen-bond donors (Lipinski definition) is 0. The Bertz CT molecular complexity index is 1050. The third kappa shape index (κ3) is 6.26. The second kappa shape index (κ2) is 11.8. The van der Waals surface area contributed by atoms with Gasteiger partial charge in [-0.2, -0.15) is 0 Å². The number of nitrogens with zero attached hydrogens (tertiary/aromatic N) is 3. The average Bonchev–Trinajstić information content (AvgIpc) is 3.28. The summed E-state index contributed by atoms with van der Waals surface area (Å²) in [6.07, 6.45) is 4.18. The molecule has 0 atom stereocenters. The Morgan fingerprint density at radius 3 is 2.73 bits per heavy atom. The Kier molecular flexibility index (Phi) is 8.61. The predicted molar refractivity (Wildman–Crippen MR) is 137 cm³/mol. The number of morpholine rings is 1. The van der Waals surface area contributed by atoms with Crippen LogP contribution in [0.2, 0.25) is 0 Å². The van der Waals surface area contributed by atoms with Crippen LogP contribution in [-0.2, 0) is 4.74 Å². The number of carbonyl (C=O) groups excluding carboxylic acids is 1. The van der Waals surface area contributed by atoms with Crippen LogP contribution in [0.25, 0.3) is 10.2 Å². The van der Waals surface area contributed by atoms with Gasteiger partial charge in [-0.25, -0.2) is 4.98 Å². The summed E-state index contributed by atoms with van der Waals surface area (Å²) in [5.74, 6) is 0.761. The topological polar surface area (TPSA) is 54.9 Å². The quantitative estimate of drug-likeness (QED) is 0.291. The van der Waals surface area contributed by atoms with E-state index in [1.165, 1.54) is 4.90 Å². The lowest BCUT2D eigenvalue weighted by Gasteiger charge is -2.29. The Hall–Kier alpha value is -2.13. The maximum atomic E-state index is 13.6. The monoisotopic (exact) mass is 485 g/mol. The van der Waals surface area contributed by atoms with E-state index in [0.29, 0.717) is 18.7 Å². The number of thiazole rings is 1. The van der Waals surface area contributed by atoms with Crippen LogP contribution < -0.4 is 9.64 Å². The van der Waals surface area contributed by atoms with Crippen LogP contribution >= 0.6 is 23.1 Å². The Morgan fingerprint density at radius 2 is 2.00 bits per heavy atom. The molecule has 0 radical (unpaired) electrons. The molecule has 0 N–H and O–H groups in total. The van der Waals surface area contributed by atoms with E-state index in [2.05, 4.69) is 30.2 Å². The van der Waals surface area contributed by atoms with Crippen LogP contribution in [0.1, 0.15) is 30.1 Å². The number of ether oxygens (including phenoxy) is 2. The van der Waals surface area contributed by atoms with Crippen LogP contribution in [-0.4, -0.2) is 68.0 Å². The molecule has 1 amide bonds. The van der Waals surface area contributed by atoms with Gasteiger partial charge in [-0.1, -0.05) is 24.7 Å². The maximum absolute atomic E-state index is 13.6. The van der Waals surface area contributed by atoms with Crippen molar-refractivity contribution in [3.63, 3.8) is 0 Å². The van der Waals surface area contributed by atoms with Crippen LogP contribution in [0.5, 0.6) is 5.75 Å². The molecule has 1 aliphatic heterocycles. The molecule has 1 aromatic heterocycles. The predicted octanol–water partition coefficient (Wildman–Crippen LogP) is 5.18. The van der Waals surface area contributed by atoms with E-state index < -0.39 is 0 Å². The summed E-state index contributed by atoms with van der Waals surface area (Å²) < 4.78 is 12.3. The Labute approximate surface area is 203 Å². The molecule has 8 heteroatoms. The number of anilines is 1. The van der Waals surface area contributed by atoms with E-state index in [1.54, 1.807) is 23.1 Å². The van der Waals surface area contributed by atoms with Crippen LogP contribution in [0.3, 0.4) is 0 Å². The number of carbonyl (C=O) groups is 1. The number of aromatic nitrogens is 1. The van der Waals surface area contributed by atoms with Gasteiger partial charge in [-0.15, -0.1) is 11.8 Å². The molecule has 0 bridgehead atoms. The highest BCUT2D eigenvalue weighted by Crippen LogP contribution is 2.32. The molecule has 1 fully saturated rings. The average molecular weight is 486 g/mol. The van der Waals surface area contributed by atoms with Gasteiger partial charge in [0.2, 0.25) is 0 Å². The van der Waals surface area contributed by atoms with Crippen molar-refractivity contribution in [2.75, 3.05) is 57.2 Å². The Balaban J connectivity index is 1.55. The van der Waals surface area contributed by atoms with Crippen molar-refractivity contribution in [2.24, 2.45) is 0 Å². The summed E-state index contributed by atoms with van der Waals surface area (Å²) in [6.45, 7) is 7.48. The first kappa shape index (κ1) is 24.0. The summed E-state index contributed by atoms with van der Waals surface area (Å²) in [5, 5.41) is 0.741. The van der Waals surface area contributed by atoms with Crippen molar-refractivity contribution >= 4 is 44.4 Å².